The summed E-state index contributed by atoms with van der Waals surface area (Å²) in [6.45, 7) is 1.83. The van der Waals surface area contributed by atoms with Gasteiger partial charge in [-0.05, 0) is 55.3 Å². The number of sulfonamides is 1. The van der Waals surface area contributed by atoms with Crippen molar-refractivity contribution in [2.75, 3.05) is 19.0 Å². The number of hydrogen-bond donors (Lipinski definition) is 1. The minimum Gasteiger partial charge on any atom is -0.423 e. The number of anilines is 1. The predicted molar refractivity (Wildman–Crippen MR) is 107 cm³/mol. The highest BCUT2D eigenvalue weighted by molar-refractivity contribution is 7.89. The van der Waals surface area contributed by atoms with Gasteiger partial charge in [-0.2, -0.15) is 0 Å². The van der Waals surface area contributed by atoms with Crippen LogP contribution in [-0.2, 0) is 16.4 Å². The highest BCUT2D eigenvalue weighted by atomic mass is 32.2. The molecule has 0 radical (unpaired) electrons. The van der Waals surface area contributed by atoms with Crippen LogP contribution in [0.4, 0.5) is 5.69 Å². The van der Waals surface area contributed by atoms with E-state index in [-0.39, 0.29) is 10.9 Å². The van der Waals surface area contributed by atoms with Crippen molar-refractivity contribution in [3.8, 4) is 0 Å². The minimum atomic E-state index is -3.68. The molecule has 3 rings (SSSR count). The summed E-state index contributed by atoms with van der Waals surface area (Å²) in [5.41, 5.74) is 2.03. The molecular formula is C20H22N2O4S. The zero-order valence-electron chi connectivity index (χ0n) is 15.5. The van der Waals surface area contributed by atoms with Gasteiger partial charge in [0.05, 0.1) is 4.90 Å². The third kappa shape index (κ3) is 4.56. The maximum Gasteiger partial charge on any atom is 0.336 e. The predicted octanol–water partition coefficient (Wildman–Crippen LogP) is 2.77. The zero-order chi connectivity index (χ0) is 19.6. The number of nitrogens with zero attached hydrogens (tertiary/aromatic N) is 1. The summed E-state index contributed by atoms with van der Waals surface area (Å²) in [7, 11) is 0.265. The molecule has 2 aromatic carbocycles. The maximum atomic E-state index is 12.7. The lowest BCUT2D eigenvalue weighted by atomic mass is 10.1. The van der Waals surface area contributed by atoms with Gasteiger partial charge < -0.3 is 9.32 Å². The molecule has 0 amide bonds. The summed E-state index contributed by atoms with van der Waals surface area (Å²) in [6, 6.07) is 15.0. The third-order valence-electron chi connectivity index (χ3n) is 4.25. The number of nitrogens with one attached hydrogen (secondary N) is 1. The summed E-state index contributed by atoms with van der Waals surface area (Å²) in [5.74, 6) is 0. The molecule has 0 fully saturated rings. The van der Waals surface area contributed by atoms with Crippen LogP contribution in [0.3, 0.4) is 0 Å². The molecule has 0 saturated heterocycles. The molecule has 142 valence electrons. The van der Waals surface area contributed by atoms with Crippen LogP contribution in [0.1, 0.15) is 12.5 Å². The van der Waals surface area contributed by atoms with Crippen molar-refractivity contribution in [2.24, 2.45) is 0 Å². The van der Waals surface area contributed by atoms with Gasteiger partial charge in [-0.15, -0.1) is 0 Å². The van der Waals surface area contributed by atoms with Gasteiger partial charge in [-0.1, -0.05) is 12.1 Å². The first-order chi connectivity index (χ1) is 12.7. The molecule has 1 unspecified atom stereocenters. The number of hydrogen-bond acceptors (Lipinski definition) is 5. The first-order valence-corrected chi connectivity index (χ1v) is 10.1. The van der Waals surface area contributed by atoms with Crippen molar-refractivity contribution in [1.82, 2.24) is 4.72 Å². The van der Waals surface area contributed by atoms with Crippen LogP contribution in [0.2, 0.25) is 0 Å². The Balaban J connectivity index is 1.75. The van der Waals surface area contributed by atoms with Gasteiger partial charge >= 0.3 is 5.63 Å². The van der Waals surface area contributed by atoms with Gasteiger partial charge in [0.2, 0.25) is 10.0 Å². The van der Waals surface area contributed by atoms with Crippen LogP contribution < -0.4 is 15.2 Å². The van der Waals surface area contributed by atoms with Crippen molar-refractivity contribution in [3.05, 3.63) is 70.6 Å². The van der Waals surface area contributed by atoms with Gasteiger partial charge in [0.15, 0.2) is 0 Å². The Morgan fingerprint density at radius 2 is 1.74 bits per heavy atom. The molecule has 3 aromatic rings. The molecule has 0 aliphatic carbocycles. The Morgan fingerprint density at radius 3 is 2.41 bits per heavy atom. The van der Waals surface area contributed by atoms with Crippen molar-refractivity contribution in [3.63, 3.8) is 0 Å². The van der Waals surface area contributed by atoms with Crippen LogP contribution in [0.25, 0.3) is 11.0 Å². The maximum absolute atomic E-state index is 12.7. The van der Waals surface area contributed by atoms with Gasteiger partial charge in [0, 0.05) is 37.3 Å². The molecule has 0 aliphatic heterocycles. The van der Waals surface area contributed by atoms with E-state index in [2.05, 4.69) is 4.72 Å². The van der Waals surface area contributed by atoms with E-state index in [9.17, 15) is 13.2 Å². The summed E-state index contributed by atoms with van der Waals surface area (Å²) < 4.78 is 33.1. The van der Waals surface area contributed by atoms with Crippen LogP contribution in [-0.4, -0.2) is 28.6 Å². The first-order valence-electron chi connectivity index (χ1n) is 8.57. The molecule has 0 saturated carbocycles. The lowest BCUT2D eigenvalue weighted by Crippen LogP contribution is -2.34. The molecule has 0 bridgehead atoms. The Hall–Kier alpha value is -2.64. The molecule has 1 atom stereocenters. The number of benzene rings is 2. The second kappa shape index (κ2) is 7.54. The number of fused-ring (bicyclic) bond motifs is 1. The Bertz CT molecular complexity index is 1100. The van der Waals surface area contributed by atoms with Crippen molar-refractivity contribution < 1.29 is 12.8 Å². The standard InChI is InChI=1S/C20H22N2O4S/c1-14(12-15-4-7-17(8-5-15)22(2)3)21-27(24,25)18-9-10-19-16(13-18)6-11-20(23)26-19/h4-11,13-14,21H,12H2,1-3H3. The Kier molecular flexibility index (Phi) is 5.34. The van der Waals surface area contributed by atoms with E-state index in [1.807, 2.05) is 50.2 Å². The molecule has 7 heteroatoms. The molecule has 0 aliphatic rings. The van der Waals surface area contributed by atoms with Crippen molar-refractivity contribution >= 4 is 26.7 Å². The van der Waals surface area contributed by atoms with Crippen LogP contribution >= 0.6 is 0 Å². The van der Waals surface area contributed by atoms with E-state index in [0.717, 1.165) is 11.3 Å². The third-order valence-corrected chi connectivity index (χ3v) is 5.84. The lowest BCUT2D eigenvalue weighted by Gasteiger charge is -2.16. The van der Waals surface area contributed by atoms with E-state index < -0.39 is 15.6 Å². The summed E-state index contributed by atoms with van der Waals surface area (Å²) in [6.07, 6.45) is 0.579. The average Bonchev–Trinajstić information content (AvgIpc) is 2.61. The van der Waals surface area contributed by atoms with Crippen LogP contribution in [0.5, 0.6) is 0 Å². The van der Waals surface area contributed by atoms with Crippen LogP contribution in [0, 0.1) is 0 Å². The van der Waals surface area contributed by atoms with E-state index >= 15 is 0 Å². The second-order valence-corrected chi connectivity index (χ2v) is 8.46. The SMILES string of the molecule is CC(Cc1ccc(N(C)C)cc1)NS(=O)(=O)c1ccc2oc(=O)ccc2c1. The second-order valence-electron chi connectivity index (χ2n) is 6.74. The average molecular weight is 386 g/mol. The highest BCUT2D eigenvalue weighted by Gasteiger charge is 2.18. The van der Waals surface area contributed by atoms with Gasteiger partial charge in [-0.25, -0.2) is 17.9 Å². The molecule has 1 N–H and O–H groups in total. The number of rotatable bonds is 6. The van der Waals surface area contributed by atoms with E-state index in [1.165, 1.54) is 24.3 Å². The highest BCUT2D eigenvalue weighted by Crippen LogP contribution is 2.19. The summed E-state index contributed by atoms with van der Waals surface area (Å²) >= 11 is 0. The van der Waals surface area contributed by atoms with Gasteiger partial charge in [-0.3, -0.25) is 0 Å². The van der Waals surface area contributed by atoms with Gasteiger partial charge in [0.25, 0.3) is 0 Å². The Morgan fingerprint density at radius 1 is 1.04 bits per heavy atom. The lowest BCUT2D eigenvalue weighted by molar-refractivity contribution is 0.557. The zero-order valence-corrected chi connectivity index (χ0v) is 16.3. The molecule has 1 aromatic heterocycles. The van der Waals surface area contributed by atoms with Crippen LogP contribution in [0.15, 0.2) is 68.7 Å². The largest absolute Gasteiger partial charge is 0.423 e. The fourth-order valence-corrected chi connectivity index (χ4v) is 4.15. The van der Waals surface area contributed by atoms with Crippen molar-refractivity contribution in [2.45, 2.75) is 24.3 Å². The quantitative estimate of drug-likeness (QED) is 0.659. The first kappa shape index (κ1) is 19.1. The Labute approximate surface area is 158 Å². The van der Waals surface area contributed by atoms with E-state index in [4.69, 9.17) is 4.42 Å². The topological polar surface area (TPSA) is 79.6 Å². The summed E-state index contributed by atoms with van der Waals surface area (Å²) in [5, 5.41) is 0.560. The van der Waals surface area contributed by atoms with E-state index in [1.54, 1.807) is 6.07 Å². The fourth-order valence-electron chi connectivity index (χ4n) is 2.88. The molecule has 27 heavy (non-hydrogen) atoms. The molecule has 0 spiro atoms. The molecule has 6 nitrogen and oxygen atoms in total. The fraction of sp³-hybridized carbons (Fsp3) is 0.250. The molecular weight excluding hydrogens is 364 g/mol. The van der Waals surface area contributed by atoms with Crippen molar-refractivity contribution in [1.29, 1.82) is 0 Å². The minimum absolute atomic E-state index is 0.138. The molecule has 1 heterocycles. The van der Waals surface area contributed by atoms with Gasteiger partial charge in [0.1, 0.15) is 5.58 Å². The van der Waals surface area contributed by atoms with E-state index in [0.29, 0.717) is 17.4 Å². The normalized spacial score (nSPS) is 12.9. The summed E-state index contributed by atoms with van der Waals surface area (Å²) in [4.78, 5) is 13.4. The monoisotopic (exact) mass is 386 g/mol. The smallest absolute Gasteiger partial charge is 0.336 e.